The highest BCUT2D eigenvalue weighted by molar-refractivity contribution is 5.47. The van der Waals surface area contributed by atoms with Crippen molar-refractivity contribution in [3.05, 3.63) is 36.9 Å². The Hall–Kier alpha value is -2.44. The highest BCUT2D eigenvalue weighted by Crippen LogP contribution is 2.26. The normalized spacial score (nSPS) is 19.3. The van der Waals surface area contributed by atoms with Crippen molar-refractivity contribution in [2.45, 2.75) is 25.8 Å². The molecular formula is C14H17N7. The molecule has 0 amide bonds. The Morgan fingerprint density at radius 2 is 2.19 bits per heavy atom. The lowest BCUT2D eigenvalue weighted by atomic mass is 10.1. The fourth-order valence-corrected chi connectivity index (χ4v) is 3.12. The Labute approximate surface area is 122 Å². The first-order valence-corrected chi connectivity index (χ1v) is 7.21. The summed E-state index contributed by atoms with van der Waals surface area (Å²) in [6.07, 6.45) is 11.4. The Kier molecular flexibility index (Phi) is 2.83. The average molecular weight is 283 g/mol. The summed E-state index contributed by atoms with van der Waals surface area (Å²) in [5.41, 5.74) is 0.786. The highest BCUT2D eigenvalue weighted by atomic mass is 15.4. The number of imidazole rings is 1. The Morgan fingerprint density at radius 3 is 3.05 bits per heavy atom. The van der Waals surface area contributed by atoms with Gasteiger partial charge in [0.15, 0.2) is 11.5 Å². The molecular weight excluding hydrogens is 266 g/mol. The van der Waals surface area contributed by atoms with E-state index in [-0.39, 0.29) is 0 Å². The van der Waals surface area contributed by atoms with Crippen LogP contribution in [0.25, 0.3) is 5.65 Å². The number of fused-ring (bicyclic) bond motifs is 1. The summed E-state index contributed by atoms with van der Waals surface area (Å²) in [5, 5.41) is 4.30. The van der Waals surface area contributed by atoms with Gasteiger partial charge in [0.2, 0.25) is 0 Å². The molecule has 1 atom stereocenters. The molecule has 0 aliphatic carbocycles. The van der Waals surface area contributed by atoms with Crippen LogP contribution in [0.1, 0.15) is 24.7 Å². The quantitative estimate of drug-likeness (QED) is 0.712. The molecule has 1 aliphatic heterocycles. The third kappa shape index (κ3) is 2.05. The predicted molar refractivity (Wildman–Crippen MR) is 78.2 cm³/mol. The van der Waals surface area contributed by atoms with Crippen LogP contribution >= 0.6 is 0 Å². The molecule has 1 aliphatic rings. The molecule has 7 heteroatoms. The number of rotatable bonds is 2. The van der Waals surface area contributed by atoms with Crippen LogP contribution in [-0.4, -0.2) is 42.2 Å². The molecule has 0 spiro atoms. The topological polar surface area (TPSA) is 64.1 Å². The third-order valence-electron chi connectivity index (χ3n) is 4.15. The second-order valence-electron chi connectivity index (χ2n) is 5.42. The Morgan fingerprint density at radius 1 is 1.24 bits per heavy atom. The molecule has 4 heterocycles. The zero-order chi connectivity index (χ0) is 14.2. The summed E-state index contributed by atoms with van der Waals surface area (Å²) in [6, 6.07) is 0.444. The van der Waals surface area contributed by atoms with E-state index in [0.717, 1.165) is 36.8 Å². The van der Waals surface area contributed by atoms with Crippen LogP contribution < -0.4 is 4.90 Å². The molecule has 0 saturated carbocycles. The maximum Gasteiger partial charge on any atom is 0.175 e. The lowest BCUT2D eigenvalue weighted by Gasteiger charge is -2.35. The minimum absolute atomic E-state index is 0.444. The van der Waals surface area contributed by atoms with Crippen LogP contribution in [-0.2, 0) is 0 Å². The molecule has 3 aromatic rings. The number of nitrogens with zero attached hydrogens (tertiary/aromatic N) is 7. The monoisotopic (exact) mass is 283 g/mol. The summed E-state index contributed by atoms with van der Waals surface area (Å²) in [7, 11) is 0. The van der Waals surface area contributed by atoms with Gasteiger partial charge in [0.05, 0.1) is 18.4 Å². The fourth-order valence-electron chi connectivity index (χ4n) is 3.12. The first kappa shape index (κ1) is 12.3. The van der Waals surface area contributed by atoms with Crippen molar-refractivity contribution >= 4 is 11.5 Å². The summed E-state index contributed by atoms with van der Waals surface area (Å²) in [4.78, 5) is 15.2. The van der Waals surface area contributed by atoms with Gasteiger partial charge < -0.3 is 9.47 Å². The fraction of sp³-hybridized carbons (Fsp3) is 0.429. The van der Waals surface area contributed by atoms with Gasteiger partial charge in [-0.25, -0.2) is 9.97 Å². The summed E-state index contributed by atoms with van der Waals surface area (Å²) in [6.45, 7) is 4.02. The van der Waals surface area contributed by atoms with Crippen molar-refractivity contribution in [3.63, 3.8) is 0 Å². The zero-order valence-electron chi connectivity index (χ0n) is 11.9. The molecule has 21 heavy (non-hydrogen) atoms. The summed E-state index contributed by atoms with van der Waals surface area (Å²) < 4.78 is 4.12. The lowest BCUT2D eigenvalue weighted by molar-refractivity contribution is 0.396. The van der Waals surface area contributed by atoms with E-state index >= 15 is 0 Å². The van der Waals surface area contributed by atoms with Gasteiger partial charge in [0, 0.05) is 25.5 Å². The number of hydrogen-bond acceptors (Lipinski definition) is 5. The second-order valence-corrected chi connectivity index (χ2v) is 5.42. The van der Waals surface area contributed by atoms with Gasteiger partial charge in [0.1, 0.15) is 12.2 Å². The molecule has 1 fully saturated rings. The van der Waals surface area contributed by atoms with Crippen LogP contribution in [0.5, 0.6) is 0 Å². The van der Waals surface area contributed by atoms with E-state index < -0.39 is 0 Å². The molecule has 0 radical (unpaired) electrons. The minimum Gasteiger partial charge on any atom is -0.353 e. The van der Waals surface area contributed by atoms with E-state index in [4.69, 9.17) is 0 Å². The SMILES string of the molecule is Cc1nccn1C1CCCN(c2cncc3ncnn23)C1. The standard InChI is InChI=1S/C14H17N7/c1-11-16-4-6-20(11)12-3-2-5-19(9-12)14-8-15-7-13-17-10-18-21(13)14/h4,6-8,10,12H,2-3,5,9H2,1H3. The molecule has 0 N–H and O–H groups in total. The second kappa shape index (κ2) is 4.83. The molecule has 7 nitrogen and oxygen atoms in total. The smallest absolute Gasteiger partial charge is 0.175 e. The van der Waals surface area contributed by atoms with Gasteiger partial charge in [-0.2, -0.15) is 9.61 Å². The van der Waals surface area contributed by atoms with Crippen molar-refractivity contribution in [1.29, 1.82) is 0 Å². The molecule has 1 unspecified atom stereocenters. The van der Waals surface area contributed by atoms with Gasteiger partial charge >= 0.3 is 0 Å². The van der Waals surface area contributed by atoms with Crippen LogP contribution in [0.15, 0.2) is 31.1 Å². The third-order valence-corrected chi connectivity index (χ3v) is 4.15. The number of anilines is 1. The molecule has 1 saturated heterocycles. The Balaban J connectivity index is 1.67. The van der Waals surface area contributed by atoms with Crippen molar-refractivity contribution < 1.29 is 0 Å². The van der Waals surface area contributed by atoms with Crippen molar-refractivity contribution in [2.24, 2.45) is 0 Å². The lowest BCUT2D eigenvalue weighted by Crippen LogP contribution is -2.38. The Bertz CT molecular complexity index is 759. The van der Waals surface area contributed by atoms with Crippen LogP contribution in [0.3, 0.4) is 0 Å². The molecule has 3 aromatic heterocycles. The van der Waals surface area contributed by atoms with E-state index in [1.807, 2.05) is 16.9 Å². The number of aromatic nitrogens is 6. The average Bonchev–Trinajstić information content (AvgIpc) is 3.15. The summed E-state index contributed by atoms with van der Waals surface area (Å²) >= 11 is 0. The zero-order valence-corrected chi connectivity index (χ0v) is 11.9. The number of hydrogen-bond donors (Lipinski definition) is 0. The summed E-state index contributed by atoms with van der Waals surface area (Å²) in [5.74, 6) is 2.08. The number of piperidine rings is 1. The minimum atomic E-state index is 0.444. The number of aryl methyl sites for hydroxylation is 1. The van der Waals surface area contributed by atoms with Gasteiger partial charge in [-0.15, -0.1) is 0 Å². The van der Waals surface area contributed by atoms with Crippen molar-refractivity contribution in [1.82, 2.24) is 29.1 Å². The molecule has 4 rings (SSSR count). The predicted octanol–water partition coefficient (Wildman–Crippen LogP) is 1.47. The van der Waals surface area contributed by atoms with Gasteiger partial charge in [-0.3, -0.25) is 4.98 Å². The van der Waals surface area contributed by atoms with Crippen LogP contribution in [0.2, 0.25) is 0 Å². The van der Waals surface area contributed by atoms with E-state index in [1.165, 1.54) is 6.42 Å². The van der Waals surface area contributed by atoms with E-state index in [2.05, 4.69) is 42.6 Å². The van der Waals surface area contributed by atoms with Crippen molar-refractivity contribution in [3.8, 4) is 0 Å². The maximum atomic E-state index is 4.34. The van der Waals surface area contributed by atoms with Gasteiger partial charge in [0.25, 0.3) is 0 Å². The highest BCUT2D eigenvalue weighted by Gasteiger charge is 2.24. The molecule has 108 valence electrons. The van der Waals surface area contributed by atoms with Crippen LogP contribution in [0.4, 0.5) is 5.82 Å². The first-order valence-electron chi connectivity index (χ1n) is 7.21. The van der Waals surface area contributed by atoms with Crippen LogP contribution in [0, 0.1) is 6.92 Å². The van der Waals surface area contributed by atoms with Gasteiger partial charge in [-0.05, 0) is 19.8 Å². The molecule has 0 aromatic carbocycles. The van der Waals surface area contributed by atoms with E-state index in [9.17, 15) is 0 Å². The largest absolute Gasteiger partial charge is 0.353 e. The first-order chi connectivity index (χ1) is 10.3. The van der Waals surface area contributed by atoms with Crippen molar-refractivity contribution in [2.75, 3.05) is 18.0 Å². The maximum absolute atomic E-state index is 4.34. The van der Waals surface area contributed by atoms with E-state index in [1.54, 1.807) is 12.5 Å². The van der Waals surface area contributed by atoms with E-state index in [0.29, 0.717) is 6.04 Å². The molecule has 0 bridgehead atoms. The van der Waals surface area contributed by atoms with Gasteiger partial charge in [-0.1, -0.05) is 0 Å².